The average Bonchev–Trinajstić information content (AvgIpc) is 2.83. The van der Waals surface area contributed by atoms with E-state index in [4.69, 9.17) is 0 Å². The van der Waals surface area contributed by atoms with Gasteiger partial charge in [0.05, 0.1) is 23.3 Å². The van der Waals surface area contributed by atoms with Crippen molar-refractivity contribution in [2.24, 2.45) is 0 Å². The number of hydrogen-bond donors (Lipinski definition) is 0. The summed E-state index contributed by atoms with van der Waals surface area (Å²) in [5.41, 5.74) is 5.69. The molecule has 0 bridgehead atoms. The maximum absolute atomic E-state index is 9.22. The van der Waals surface area contributed by atoms with Gasteiger partial charge in [0, 0.05) is 0 Å². The van der Waals surface area contributed by atoms with Crippen LogP contribution in [0.25, 0.3) is 43.8 Å². The first kappa shape index (κ1) is 17.7. The van der Waals surface area contributed by atoms with Crippen molar-refractivity contribution in [3.05, 3.63) is 108 Å². The lowest BCUT2D eigenvalue weighted by Crippen LogP contribution is -1.92. The van der Waals surface area contributed by atoms with Crippen LogP contribution in [0.4, 0.5) is 0 Å². The van der Waals surface area contributed by atoms with E-state index >= 15 is 0 Å². The minimum atomic E-state index is 0.642. The van der Waals surface area contributed by atoms with Crippen molar-refractivity contribution in [2.45, 2.75) is 0 Å². The number of fused-ring (bicyclic) bond motifs is 3. The maximum atomic E-state index is 9.22. The van der Waals surface area contributed by atoms with E-state index in [-0.39, 0.29) is 0 Å². The number of hydrogen-bond acceptors (Lipinski definition) is 2. The Morgan fingerprint density at radius 2 is 0.733 bits per heavy atom. The van der Waals surface area contributed by atoms with Gasteiger partial charge in [-0.05, 0) is 68.1 Å². The Labute approximate surface area is 174 Å². The molecule has 2 heteroatoms. The fourth-order valence-electron chi connectivity index (χ4n) is 4.16. The highest BCUT2D eigenvalue weighted by atomic mass is 14.2. The van der Waals surface area contributed by atoms with Crippen LogP contribution in [0.1, 0.15) is 11.1 Å². The predicted molar refractivity (Wildman–Crippen MR) is 122 cm³/mol. The van der Waals surface area contributed by atoms with Crippen LogP contribution in [0.15, 0.2) is 97.1 Å². The number of nitrogens with zero attached hydrogens (tertiary/aromatic N) is 2. The van der Waals surface area contributed by atoms with Gasteiger partial charge in [0.2, 0.25) is 0 Å². The molecule has 5 rings (SSSR count). The van der Waals surface area contributed by atoms with E-state index < -0.39 is 0 Å². The summed E-state index contributed by atoms with van der Waals surface area (Å²) < 4.78 is 0. The Morgan fingerprint density at radius 1 is 0.400 bits per heavy atom. The molecule has 0 aliphatic carbocycles. The van der Waals surface area contributed by atoms with Crippen molar-refractivity contribution < 1.29 is 0 Å². The molecule has 0 unspecified atom stereocenters. The molecular formula is C28H16N2. The molecule has 0 heterocycles. The molecule has 0 radical (unpaired) electrons. The minimum absolute atomic E-state index is 0.642. The molecule has 0 aliphatic rings. The zero-order chi connectivity index (χ0) is 20.5. The van der Waals surface area contributed by atoms with E-state index in [0.29, 0.717) is 11.1 Å². The number of benzene rings is 5. The van der Waals surface area contributed by atoms with Gasteiger partial charge in [-0.2, -0.15) is 10.5 Å². The first-order valence-electron chi connectivity index (χ1n) is 9.74. The molecule has 5 aromatic carbocycles. The summed E-state index contributed by atoms with van der Waals surface area (Å²) in [5, 5.41) is 23.2. The van der Waals surface area contributed by atoms with Gasteiger partial charge in [-0.15, -0.1) is 0 Å². The third-order valence-corrected chi connectivity index (χ3v) is 5.54. The van der Waals surface area contributed by atoms with E-state index in [2.05, 4.69) is 60.7 Å². The van der Waals surface area contributed by atoms with Crippen molar-refractivity contribution in [1.82, 2.24) is 0 Å². The largest absolute Gasteiger partial charge is 0.192 e. The summed E-state index contributed by atoms with van der Waals surface area (Å²) in [4.78, 5) is 0. The molecule has 30 heavy (non-hydrogen) atoms. The van der Waals surface area contributed by atoms with Crippen LogP contribution < -0.4 is 0 Å². The van der Waals surface area contributed by atoms with Crippen LogP contribution in [0.5, 0.6) is 0 Å². The van der Waals surface area contributed by atoms with Gasteiger partial charge in [-0.1, -0.05) is 72.8 Å². The highest BCUT2D eigenvalue weighted by Crippen LogP contribution is 2.44. The monoisotopic (exact) mass is 380 g/mol. The van der Waals surface area contributed by atoms with Gasteiger partial charge in [0.25, 0.3) is 0 Å². The lowest BCUT2D eigenvalue weighted by molar-refractivity contribution is 1.48. The maximum Gasteiger partial charge on any atom is 0.0991 e. The van der Waals surface area contributed by atoms with Crippen LogP contribution in [0.2, 0.25) is 0 Å². The smallest absolute Gasteiger partial charge is 0.0991 e. The van der Waals surface area contributed by atoms with E-state index in [1.807, 2.05) is 48.5 Å². The summed E-state index contributed by atoms with van der Waals surface area (Å²) in [6.07, 6.45) is 0. The fourth-order valence-corrected chi connectivity index (χ4v) is 4.16. The summed E-state index contributed by atoms with van der Waals surface area (Å²) in [6, 6.07) is 36.8. The zero-order valence-electron chi connectivity index (χ0n) is 16.1. The topological polar surface area (TPSA) is 47.6 Å². The second-order valence-corrected chi connectivity index (χ2v) is 7.22. The molecule has 5 aromatic rings. The highest BCUT2D eigenvalue weighted by molar-refractivity contribution is 6.21. The molecule has 0 spiro atoms. The van der Waals surface area contributed by atoms with Crippen molar-refractivity contribution in [2.75, 3.05) is 0 Å². The normalized spacial score (nSPS) is 10.6. The van der Waals surface area contributed by atoms with E-state index in [0.717, 1.165) is 22.3 Å². The van der Waals surface area contributed by atoms with E-state index in [9.17, 15) is 10.5 Å². The standard InChI is InChI=1S/C28H16N2/c29-17-19-9-13-21(14-10-19)27-25-7-3-1-5-23(25)24-6-2-4-8-26(24)28(27)22-15-11-20(18-30)12-16-22/h1-16H. The number of rotatable bonds is 2. The van der Waals surface area contributed by atoms with Gasteiger partial charge in [0.15, 0.2) is 0 Å². The molecule has 138 valence electrons. The summed E-state index contributed by atoms with van der Waals surface area (Å²) in [7, 11) is 0. The van der Waals surface area contributed by atoms with Crippen LogP contribution in [-0.2, 0) is 0 Å². The lowest BCUT2D eigenvalue weighted by atomic mass is 9.85. The van der Waals surface area contributed by atoms with Crippen LogP contribution in [-0.4, -0.2) is 0 Å². The van der Waals surface area contributed by atoms with Gasteiger partial charge < -0.3 is 0 Å². The van der Waals surface area contributed by atoms with Gasteiger partial charge in [0.1, 0.15) is 0 Å². The van der Waals surface area contributed by atoms with Crippen molar-refractivity contribution >= 4 is 21.5 Å². The minimum Gasteiger partial charge on any atom is -0.192 e. The second-order valence-electron chi connectivity index (χ2n) is 7.22. The van der Waals surface area contributed by atoms with Crippen molar-refractivity contribution in [3.63, 3.8) is 0 Å². The molecule has 0 fully saturated rings. The van der Waals surface area contributed by atoms with Crippen molar-refractivity contribution in [3.8, 4) is 34.4 Å². The van der Waals surface area contributed by atoms with Gasteiger partial charge in [-0.3, -0.25) is 0 Å². The molecule has 0 saturated heterocycles. The summed E-state index contributed by atoms with van der Waals surface area (Å²) >= 11 is 0. The first-order valence-corrected chi connectivity index (χ1v) is 9.74. The Morgan fingerprint density at radius 3 is 1.07 bits per heavy atom. The highest BCUT2D eigenvalue weighted by Gasteiger charge is 2.17. The SMILES string of the molecule is N#Cc1ccc(-c2c(-c3ccc(C#N)cc3)c3ccccc3c3ccccc23)cc1. The van der Waals surface area contributed by atoms with Crippen LogP contribution >= 0.6 is 0 Å². The zero-order valence-corrected chi connectivity index (χ0v) is 16.1. The molecule has 0 saturated carbocycles. The molecule has 0 amide bonds. The van der Waals surface area contributed by atoms with Gasteiger partial charge in [-0.25, -0.2) is 0 Å². The predicted octanol–water partition coefficient (Wildman–Crippen LogP) is 7.07. The Hall–Kier alpha value is -4.40. The quantitative estimate of drug-likeness (QED) is 0.307. The third-order valence-electron chi connectivity index (χ3n) is 5.54. The Kier molecular flexibility index (Phi) is 4.25. The Balaban J connectivity index is 1.96. The Bertz CT molecular complexity index is 1360. The lowest BCUT2D eigenvalue weighted by Gasteiger charge is -2.18. The fraction of sp³-hybridized carbons (Fsp3) is 0. The molecule has 0 atom stereocenters. The number of nitriles is 2. The molecule has 0 aromatic heterocycles. The molecule has 2 nitrogen and oxygen atoms in total. The molecule has 0 N–H and O–H groups in total. The van der Waals surface area contributed by atoms with E-state index in [1.54, 1.807) is 0 Å². The van der Waals surface area contributed by atoms with Crippen LogP contribution in [0, 0.1) is 22.7 Å². The summed E-state index contributed by atoms with van der Waals surface area (Å²) in [5.74, 6) is 0. The molecule has 0 aliphatic heterocycles. The third kappa shape index (κ3) is 2.80. The van der Waals surface area contributed by atoms with Crippen molar-refractivity contribution in [1.29, 1.82) is 10.5 Å². The second kappa shape index (κ2) is 7.21. The average molecular weight is 380 g/mol. The van der Waals surface area contributed by atoms with Gasteiger partial charge >= 0.3 is 0 Å². The van der Waals surface area contributed by atoms with Crippen LogP contribution in [0.3, 0.4) is 0 Å². The first-order chi connectivity index (χ1) is 14.8. The summed E-state index contributed by atoms with van der Waals surface area (Å²) in [6.45, 7) is 0. The van der Waals surface area contributed by atoms with E-state index in [1.165, 1.54) is 21.5 Å². The molecular weight excluding hydrogens is 364 g/mol.